The minimum absolute atomic E-state index is 0.238. The topological polar surface area (TPSA) is 164 Å². The third-order valence-electron chi connectivity index (χ3n) is 8.21. The summed E-state index contributed by atoms with van der Waals surface area (Å²) < 4.78 is 11.6. The van der Waals surface area contributed by atoms with Gasteiger partial charge in [-0.2, -0.15) is 0 Å². The van der Waals surface area contributed by atoms with Crippen LogP contribution in [-0.2, 0) is 0 Å². The molecule has 4 aromatic carbocycles. The molecule has 0 radical (unpaired) electrons. The van der Waals surface area contributed by atoms with E-state index in [9.17, 15) is 10.1 Å². The molecule has 0 aliphatic carbocycles. The Bertz CT molecular complexity index is 2550. The molecule has 0 aliphatic heterocycles. The molecule has 2 N–H and O–H groups in total. The molecule has 0 bridgehead atoms. The van der Waals surface area contributed by atoms with E-state index in [1.165, 1.54) is 18.3 Å². The van der Waals surface area contributed by atoms with Crippen LogP contribution in [0.5, 0.6) is 23.0 Å². The SMILES string of the molecule is Nc1ccc(Oc2ccnc(N=C(c3ccccc3)c3ccccc3)c2)cn1.O=[N+]([O-])c1ccc(Oc2ccnc(N=C(c3ccccc3)c3ccccc3)c2)cn1. The van der Waals surface area contributed by atoms with Crippen LogP contribution >= 0.6 is 0 Å². The number of pyridine rings is 4. The highest BCUT2D eigenvalue weighted by Gasteiger charge is 2.11. The average molecular weight is 763 g/mol. The fourth-order valence-electron chi connectivity index (χ4n) is 5.52. The Hall–Kier alpha value is -8.38. The third-order valence-corrected chi connectivity index (χ3v) is 8.21. The Morgan fingerprint density at radius 2 is 0.879 bits per heavy atom. The number of ether oxygens (including phenoxy) is 2. The van der Waals surface area contributed by atoms with Gasteiger partial charge in [-0.05, 0) is 40.2 Å². The highest BCUT2D eigenvalue weighted by Crippen LogP contribution is 2.27. The van der Waals surface area contributed by atoms with Gasteiger partial charge in [0.05, 0.1) is 17.6 Å². The normalized spacial score (nSPS) is 10.3. The zero-order valence-corrected chi connectivity index (χ0v) is 30.8. The molecule has 282 valence electrons. The van der Waals surface area contributed by atoms with Crippen molar-refractivity contribution in [1.82, 2.24) is 19.9 Å². The molecule has 0 atom stereocenters. The zero-order valence-electron chi connectivity index (χ0n) is 30.8. The number of benzene rings is 4. The molecule has 0 spiro atoms. The van der Waals surface area contributed by atoms with Gasteiger partial charge in [0.2, 0.25) is 0 Å². The number of anilines is 1. The van der Waals surface area contributed by atoms with Crippen molar-refractivity contribution >= 4 is 34.7 Å². The van der Waals surface area contributed by atoms with E-state index in [1.54, 1.807) is 55.0 Å². The first-order chi connectivity index (χ1) is 28.5. The summed E-state index contributed by atoms with van der Waals surface area (Å²) in [5.74, 6) is 3.35. The molecule has 12 heteroatoms. The molecule has 0 fully saturated rings. The van der Waals surface area contributed by atoms with Crippen LogP contribution in [0.3, 0.4) is 0 Å². The summed E-state index contributed by atoms with van der Waals surface area (Å²) >= 11 is 0. The van der Waals surface area contributed by atoms with E-state index in [4.69, 9.17) is 25.2 Å². The summed E-state index contributed by atoms with van der Waals surface area (Å²) in [6.45, 7) is 0. The number of nitrogens with zero attached hydrogens (tertiary/aromatic N) is 7. The number of hydrogen-bond donors (Lipinski definition) is 1. The molecule has 8 rings (SSSR count). The van der Waals surface area contributed by atoms with Crippen LogP contribution in [0.15, 0.2) is 205 Å². The van der Waals surface area contributed by atoms with Crippen LogP contribution in [0.25, 0.3) is 0 Å². The number of hydrogen-bond acceptors (Lipinski definition) is 11. The predicted molar refractivity (Wildman–Crippen MR) is 225 cm³/mol. The van der Waals surface area contributed by atoms with Crippen molar-refractivity contribution in [3.8, 4) is 23.0 Å². The lowest BCUT2D eigenvalue weighted by atomic mass is 10.0. The molecule has 0 saturated carbocycles. The third kappa shape index (κ3) is 10.4. The molecule has 58 heavy (non-hydrogen) atoms. The summed E-state index contributed by atoms with van der Waals surface area (Å²) in [6, 6.07) is 53.0. The van der Waals surface area contributed by atoms with E-state index in [-0.39, 0.29) is 5.82 Å². The predicted octanol–water partition coefficient (Wildman–Crippen LogP) is 10.4. The maximum atomic E-state index is 10.7. The summed E-state index contributed by atoms with van der Waals surface area (Å²) in [5.41, 5.74) is 11.2. The van der Waals surface area contributed by atoms with Gasteiger partial charge in [0.1, 0.15) is 23.1 Å². The summed E-state index contributed by atoms with van der Waals surface area (Å²) in [6.07, 6.45) is 6.16. The van der Waals surface area contributed by atoms with Crippen molar-refractivity contribution in [2.75, 3.05) is 5.73 Å². The van der Waals surface area contributed by atoms with Crippen molar-refractivity contribution in [3.63, 3.8) is 0 Å². The quantitative estimate of drug-likeness (QED) is 0.0767. The van der Waals surface area contributed by atoms with Gasteiger partial charge >= 0.3 is 5.82 Å². The van der Waals surface area contributed by atoms with E-state index in [0.29, 0.717) is 40.5 Å². The molecule has 0 amide bonds. The van der Waals surface area contributed by atoms with Gasteiger partial charge < -0.3 is 25.3 Å². The second-order valence-electron chi connectivity index (χ2n) is 12.3. The highest BCUT2D eigenvalue weighted by molar-refractivity contribution is 6.14. The number of nitrogens with two attached hydrogens (primary N) is 1. The summed E-state index contributed by atoms with van der Waals surface area (Å²) in [4.78, 5) is 36.2. The molecular weight excluding hydrogens is 729 g/mol. The van der Waals surface area contributed by atoms with Crippen LogP contribution in [0.1, 0.15) is 22.3 Å². The zero-order chi connectivity index (χ0) is 39.9. The van der Waals surface area contributed by atoms with Gasteiger partial charge in [-0.15, -0.1) is 0 Å². The minimum atomic E-state index is -0.558. The molecule has 0 unspecified atom stereocenters. The Morgan fingerprint density at radius 3 is 1.22 bits per heavy atom. The van der Waals surface area contributed by atoms with Gasteiger partial charge in [0.15, 0.2) is 23.6 Å². The van der Waals surface area contributed by atoms with Gasteiger partial charge in [-0.25, -0.2) is 24.9 Å². The average Bonchev–Trinajstić information content (AvgIpc) is 3.27. The van der Waals surface area contributed by atoms with Crippen molar-refractivity contribution in [2.45, 2.75) is 0 Å². The molecule has 4 aromatic heterocycles. The summed E-state index contributed by atoms with van der Waals surface area (Å²) in [5, 5.41) is 10.7. The number of aliphatic imine (C=N–C) groups is 2. The van der Waals surface area contributed by atoms with Crippen LogP contribution < -0.4 is 15.2 Å². The van der Waals surface area contributed by atoms with Crippen LogP contribution in [0, 0.1) is 10.1 Å². The minimum Gasteiger partial charge on any atom is -0.456 e. The van der Waals surface area contributed by atoms with Gasteiger partial charge in [0, 0.05) is 52.8 Å². The maximum absolute atomic E-state index is 10.7. The lowest BCUT2D eigenvalue weighted by Gasteiger charge is -2.09. The van der Waals surface area contributed by atoms with Crippen LogP contribution in [0.4, 0.5) is 23.3 Å². The van der Waals surface area contributed by atoms with E-state index < -0.39 is 4.92 Å². The second kappa shape index (κ2) is 18.8. The fourth-order valence-corrected chi connectivity index (χ4v) is 5.52. The van der Waals surface area contributed by atoms with Crippen molar-refractivity contribution in [2.24, 2.45) is 9.98 Å². The van der Waals surface area contributed by atoms with E-state index in [0.717, 1.165) is 33.7 Å². The Kier molecular flexibility index (Phi) is 12.3. The van der Waals surface area contributed by atoms with Crippen LogP contribution in [-0.4, -0.2) is 36.3 Å². The molecule has 0 saturated heterocycles. The van der Waals surface area contributed by atoms with Crippen molar-refractivity contribution in [3.05, 3.63) is 227 Å². The first-order valence-electron chi connectivity index (χ1n) is 18.0. The highest BCUT2D eigenvalue weighted by atomic mass is 16.6. The van der Waals surface area contributed by atoms with E-state index in [1.807, 2.05) is 121 Å². The number of nitrogen functional groups attached to an aromatic ring is 1. The van der Waals surface area contributed by atoms with Gasteiger partial charge in [0.25, 0.3) is 0 Å². The smallest absolute Gasteiger partial charge is 0.363 e. The molecule has 0 aliphatic rings. The molecule has 8 aromatic rings. The second-order valence-corrected chi connectivity index (χ2v) is 12.3. The number of rotatable bonds is 11. The Balaban J connectivity index is 0.000000177. The Morgan fingerprint density at radius 1 is 0.483 bits per heavy atom. The van der Waals surface area contributed by atoms with Gasteiger partial charge in [-0.3, -0.25) is 0 Å². The molecule has 12 nitrogen and oxygen atoms in total. The van der Waals surface area contributed by atoms with E-state index in [2.05, 4.69) is 19.9 Å². The first-order valence-corrected chi connectivity index (χ1v) is 18.0. The molecule has 4 heterocycles. The maximum Gasteiger partial charge on any atom is 0.363 e. The lowest BCUT2D eigenvalue weighted by molar-refractivity contribution is -0.389. The van der Waals surface area contributed by atoms with E-state index >= 15 is 0 Å². The van der Waals surface area contributed by atoms with Crippen molar-refractivity contribution < 1.29 is 14.4 Å². The summed E-state index contributed by atoms with van der Waals surface area (Å²) in [7, 11) is 0. The molecular formula is C46H34N8O4. The standard InChI is InChI=1S/C23H16N4O3.C23H18N4O/c28-27(29)22-12-11-20(16-25-22)30-19-13-14-24-21(15-19)26-23(17-7-3-1-4-8-17)18-9-5-2-6-10-18;24-21-12-11-20(16-26-21)28-19-13-14-25-22(15-19)27-23(17-7-3-1-4-8-17)18-9-5-2-6-10-18/h1-16H;1-16H,(H2,24,26). The fraction of sp³-hybridized carbons (Fsp3) is 0. The Labute approximate surface area is 333 Å². The van der Waals surface area contributed by atoms with Crippen molar-refractivity contribution in [1.29, 1.82) is 0 Å². The van der Waals surface area contributed by atoms with Gasteiger partial charge in [-0.1, -0.05) is 121 Å². The number of nitro groups is 1. The monoisotopic (exact) mass is 762 g/mol. The first kappa shape index (κ1) is 37.9. The lowest BCUT2D eigenvalue weighted by Crippen LogP contribution is -2.02. The largest absolute Gasteiger partial charge is 0.456 e. The number of aromatic nitrogens is 4. The van der Waals surface area contributed by atoms with Crippen LogP contribution in [0.2, 0.25) is 0 Å².